The lowest BCUT2D eigenvalue weighted by Crippen LogP contribution is -2.53. The summed E-state index contributed by atoms with van der Waals surface area (Å²) >= 11 is 0. The Morgan fingerprint density at radius 3 is 2.43 bits per heavy atom. The molecule has 1 fully saturated rings. The van der Waals surface area contributed by atoms with Crippen molar-refractivity contribution in [2.24, 2.45) is 0 Å². The van der Waals surface area contributed by atoms with E-state index in [0.29, 0.717) is 35.9 Å². The lowest BCUT2D eigenvalue weighted by molar-refractivity contribution is -0.156. The Hall–Kier alpha value is -4.34. The van der Waals surface area contributed by atoms with Crippen molar-refractivity contribution in [2.75, 3.05) is 39.8 Å². The lowest BCUT2D eigenvalue weighted by atomic mass is 9.99. The number of rotatable bonds is 13. The van der Waals surface area contributed by atoms with E-state index < -0.39 is 6.04 Å². The number of aromatic nitrogens is 2. The van der Waals surface area contributed by atoms with Crippen molar-refractivity contribution in [3.05, 3.63) is 60.6 Å². The second kappa shape index (κ2) is 15.9. The van der Waals surface area contributed by atoms with E-state index in [1.165, 1.54) is 26.2 Å². The van der Waals surface area contributed by atoms with Crippen LogP contribution in [0.15, 0.2) is 55.0 Å². The van der Waals surface area contributed by atoms with Crippen LogP contribution in [-0.4, -0.2) is 73.9 Å². The van der Waals surface area contributed by atoms with E-state index in [-0.39, 0.29) is 18.1 Å². The van der Waals surface area contributed by atoms with Gasteiger partial charge in [-0.25, -0.2) is 9.59 Å². The highest BCUT2D eigenvalue weighted by atomic mass is 16.5. The maximum atomic E-state index is 13.8. The number of carbonyl (C=O) groups is 2. The molecule has 0 spiro atoms. The third-order valence-corrected chi connectivity index (χ3v) is 8.04. The van der Waals surface area contributed by atoms with Crippen molar-refractivity contribution >= 4 is 17.7 Å². The van der Waals surface area contributed by atoms with Gasteiger partial charge < -0.3 is 23.8 Å². The minimum atomic E-state index is -0.643. The zero-order valence-electron chi connectivity index (χ0n) is 26.5. The van der Waals surface area contributed by atoms with Crippen LogP contribution in [-0.2, 0) is 16.0 Å². The Bertz CT molecular complexity index is 1360. The first kappa shape index (κ1) is 32.6. The Morgan fingerprint density at radius 1 is 1.02 bits per heavy atom. The number of urea groups is 1. The summed E-state index contributed by atoms with van der Waals surface area (Å²) in [6.07, 6.45) is 11.4. The highest BCUT2D eigenvalue weighted by Gasteiger charge is 2.36. The number of amides is 2. The maximum Gasteiger partial charge on any atom is 0.329 e. The first-order chi connectivity index (χ1) is 21.4. The number of methoxy groups -OCH3 is 3. The molecule has 3 aromatic rings. The molecule has 1 saturated heterocycles. The zero-order chi connectivity index (χ0) is 31.5. The predicted octanol–water partition coefficient (Wildman–Crippen LogP) is 6.31. The third-order valence-electron chi connectivity index (χ3n) is 8.04. The summed E-state index contributed by atoms with van der Waals surface area (Å²) in [5.41, 5.74) is 3.61. The molecule has 1 unspecified atom stereocenters. The molecule has 2 amide bonds. The molecule has 0 aliphatic carbocycles. The minimum absolute atomic E-state index is 0.224. The van der Waals surface area contributed by atoms with Crippen LogP contribution in [0.2, 0.25) is 0 Å². The number of hydrogen-bond donors (Lipinski definition) is 0. The number of benzene rings is 1. The van der Waals surface area contributed by atoms with Crippen molar-refractivity contribution in [3.8, 4) is 28.5 Å². The summed E-state index contributed by atoms with van der Waals surface area (Å²) in [6, 6.07) is 10.5. The first-order valence-corrected chi connectivity index (χ1v) is 15.3. The summed E-state index contributed by atoms with van der Waals surface area (Å²) in [6.45, 7) is 2.56. The van der Waals surface area contributed by atoms with E-state index in [4.69, 9.17) is 18.9 Å². The fraction of sp³-hybridized carbons (Fsp3) is 0.471. The van der Waals surface area contributed by atoms with Gasteiger partial charge in [-0.1, -0.05) is 19.4 Å². The van der Waals surface area contributed by atoms with Crippen LogP contribution in [0.4, 0.5) is 10.5 Å². The number of ether oxygens (including phenoxy) is 4. The van der Waals surface area contributed by atoms with Crippen molar-refractivity contribution in [2.45, 2.75) is 70.4 Å². The second-order valence-electron chi connectivity index (χ2n) is 10.9. The molecule has 1 aromatic carbocycles. The summed E-state index contributed by atoms with van der Waals surface area (Å²) in [5, 5.41) is 0. The van der Waals surface area contributed by atoms with Crippen LogP contribution >= 0.6 is 0 Å². The molecule has 236 valence electrons. The van der Waals surface area contributed by atoms with Gasteiger partial charge in [0.2, 0.25) is 5.75 Å². The largest absolute Gasteiger partial charge is 0.493 e. The lowest BCUT2D eigenvalue weighted by Gasteiger charge is -2.37. The summed E-state index contributed by atoms with van der Waals surface area (Å²) in [4.78, 5) is 39.4. The van der Waals surface area contributed by atoms with Crippen LogP contribution in [0, 0.1) is 0 Å². The molecule has 0 N–H and O–H groups in total. The molecular weight excluding hydrogens is 560 g/mol. The van der Waals surface area contributed by atoms with E-state index in [1.54, 1.807) is 36.5 Å². The van der Waals surface area contributed by atoms with Gasteiger partial charge in [-0.3, -0.25) is 14.9 Å². The monoisotopic (exact) mass is 604 g/mol. The summed E-state index contributed by atoms with van der Waals surface area (Å²) in [5.74, 6) is 0.986. The highest BCUT2D eigenvalue weighted by Crippen LogP contribution is 2.41. The minimum Gasteiger partial charge on any atom is -0.493 e. The Kier molecular flexibility index (Phi) is 11.8. The standard InChI is InChI=1S/C34H44N4O6/c1-6-12-27(16-9-13-24-14-11-19-36-31(24)25-15-10-18-35-23-25)44-33(39)28-17-7-8-20-38(28)34(40)37(2)26-21-29(41-3)32(43-5)30(22-26)42-4/h10-11,14-15,18-19,21-23,27-28H,6-9,12-13,16-17,20H2,1-5H3/t27?,28-/m0/s1. The van der Waals surface area contributed by atoms with Gasteiger partial charge in [-0.2, -0.15) is 0 Å². The number of pyridine rings is 2. The number of esters is 1. The smallest absolute Gasteiger partial charge is 0.329 e. The highest BCUT2D eigenvalue weighted by molar-refractivity contribution is 5.95. The number of hydrogen-bond acceptors (Lipinski definition) is 8. The van der Waals surface area contributed by atoms with Crippen molar-refractivity contribution in [1.29, 1.82) is 0 Å². The average Bonchev–Trinajstić information content (AvgIpc) is 3.07. The van der Waals surface area contributed by atoms with Gasteiger partial charge in [0, 0.05) is 49.9 Å². The third kappa shape index (κ3) is 7.78. The molecule has 4 rings (SSSR count). The van der Waals surface area contributed by atoms with Gasteiger partial charge in [0.25, 0.3) is 0 Å². The molecule has 44 heavy (non-hydrogen) atoms. The molecule has 0 bridgehead atoms. The van der Waals surface area contributed by atoms with E-state index in [2.05, 4.69) is 23.0 Å². The Labute approximate surface area is 260 Å². The summed E-state index contributed by atoms with van der Waals surface area (Å²) < 4.78 is 22.5. The van der Waals surface area contributed by atoms with Gasteiger partial charge in [0.05, 0.1) is 32.7 Å². The van der Waals surface area contributed by atoms with Crippen LogP contribution in [0.1, 0.15) is 57.4 Å². The van der Waals surface area contributed by atoms with E-state index in [9.17, 15) is 9.59 Å². The van der Waals surface area contributed by atoms with Crippen LogP contribution in [0.25, 0.3) is 11.3 Å². The molecule has 3 heterocycles. The fourth-order valence-electron chi connectivity index (χ4n) is 5.72. The zero-order valence-corrected chi connectivity index (χ0v) is 26.5. The molecule has 2 atom stereocenters. The number of nitrogens with zero attached hydrogens (tertiary/aromatic N) is 4. The quantitative estimate of drug-likeness (QED) is 0.209. The number of anilines is 1. The molecule has 10 heteroatoms. The van der Waals surface area contributed by atoms with Crippen LogP contribution in [0.5, 0.6) is 17.2 Å². The predicted molar refractivity (Wildman–Crippen MR) is 169 cm³/mol. The summed E-state index contributed by atoms with van der Waals surface area (Å²) in [7, 11) is 6.27. The van der Waals surface area contributed by atoms with E-state index in [1.807, 2.05) is 24.4 Å². The molecule has 1 aliphatic heterocycles. The normalized spacial score (nSPS) is 15.3. The number of likely N-dealkylation sites (tertiary alicyclic amines) is 1. The van der Waals surface area contributed by atoms with Gasteiger partial charge in [-0.05, 0) is 68.7 Å². The average molecular weight is 605 g/mol. The van der Waals surface area contributed by atoms with Crippen molar-refractivity contribution in [1.82, 2.24) is 14.9 Å². The maximum absolute atomic E-state index is 13.8. The van der Waals surface area contributed by atoms with Gasteiger partial charge in [-0.15, -0.1) is 0 Å². The fourth-order valence-corrected chi connectivity index (χ4v) is 5.72. The molecule has 0 saturated carbocycles. The van der Waals surface area contributed by atoms with Crippen LogP contribution < -0.4 is 19.1 Å². The van der Waals surface area contributed by atoms with Gasteiger partial charge in [0.15, 0.2) is 11.5 Å². The molecular formula is C34H44N4O6. The SMILES string of the molecule is CCCC(CCCc1cccnc1-c1cccnc1)OC(=O)[C@@H]1CCCCN1C(=O)N(C)c1cc(OC)c(OC)c(OC)c1. The number of piperidine rings is 1. The Morgan fingerprint density at radius 2 is 1.77 bits per heavy atom. The van der Waals surface area contributed by atoms with E-state index in [0.717, 1.165) is 61.8 Å². The van der Waals surface area contributed by atoms with E-state index >= 15 is 0 Å². The molecule has 0 radical (unpaired) electrons. The number of aryl methyl sites for hydroxylation is 1. The van der Waals surface area contributed by atoms with Crippen molar-refractivity contribution < 1.29 is 28.5 Å². The first-order valence-electron chi connectivity index (χ1n) is 15.3. The second-order valence-corrected chi connectivity index (χ2v) is 10.9. The van der Waals surface area contributed by atoms with Gasteiger partial charge in [0.1, 0.15) is 12.1 Å². The van der Waals surface area contributed by atoms with Gasteiger partial charge >= 0.3 is 12.0 Å². The molecule has 10 nitrogen and oxygen atoms in total. The topological polar surface area (TPSA) is 103 Å². The molecule has 1 aliphatic rings. The van der Waals surface area contributed by atoms with Crippen LogP contribution in [0.3, 0.4) is 0 Å². The Balaban J connectivity index is 1.43. The number of carbonyl (C=O) groups excluding carboxylic acids is 2. The van der Waals surface area contributed by atoms with Crippen molar-refractivity contribution in [3.63, 3.8) is 0 Å². The molecule has 2 aromatic heterocycles.